The van der Waals surface area contributed by atoms with Crippen LogP contribution in [0.3, 0.4) is 0 Å². The molecule has 1 aliphatic rings. The van der Waals surface area contributed by atoms with E-state index in [1.807, 2.05) is 29.2 Å². The van der Waals surface area contributed by atoms with Gasteiger partial charge in [-0.15, -0.1) is 0 Å². The first kappa shape index (κ1) is 16.5. The van der Waals surface area contributed by atoms with Crippen molar-refractivity contribution in [3.8, 4) is 0 Å². The van der Waals surface area contributed by atoms with Crippen molar-refractivity contribution >= 4 is 23.0 Å². The Kier molecular flexibility index (Phi) is 4.48. The van der Waals surface area contributed by atoms with E-state index in [-0.39, 0.29) is 11.9 Å². The van der Waals surface area contributed by atoms with E-state index in [9.17, 15) is 4.79 Å². The van der Waals surface area contributed by atoms with Crippen LogP contribution in [0, 0.1) is 6.92 Å². The molecule has 4 heteroatoms. The number of rotatable bonds is 3. The van der Waals surface area contributed by atoms with Crippen LogP contribution >= 0.6 is 0 Å². The molecule has 0 radical (unpaired) electrons. The lowest BCUT2D eigenvalue weighted by Gasteiger charge is -2.24. The maximum Gasteiger partial charge on any atom is 0.247 e. The molecule has 1 amide bonds. The summed E-state index contributed by atoms with van der Waals surface area (Å²) in [6.07, 6.45) is 7.12. The number of para-hydroxylation sites is 2. The van der Waals surface area contributed by atoms with E-state index in [4.69, 9.17) is 0 Å². The number of amides is 1. The van der Waals surface area contributed by atoms with Crippen LogP contribution in [0.5, 0.6) is 0 Å². The van der Waals surface area contributed by atoms with Gasteiger partial charge in [-0.25, -0.2) is 4.98 Å². The number of aromatic nitrogens is 2. The van der Waals surface area contributed by atoms with Gasteiger partial charge in [0.05, 0.1) is 29.0 Å². The molecule has 0 saturated carbocycles. The van der Waals surface area contributed by atoms with Crippen molar-refractivity contribution in [1.82, 2.24) is 14.9 Å². The average molecular weight is 343 g/mol. The molecular formula is C22H21N3O. The second-order valence-electron chi connectivity index (χ2n) is 6.72. The van der Waals surface area contributed by atoms with Crippen LogP contribution in [0.4, 0.5) is 0 Å². The molecule has 1 atom stereocenters. The number of likely N-dealkylation sites (tertiary alicyclic amines) is 1. The molecule has 0 aliphatic carbocycles. The number of carbonyl (C=O) groups is 1. The highest BCUT2D eigenvalue weighted by Crippen LogP contribution is 2.32. The zero-order valence-corrected chi connectivity index (χ0v) is 14.8. The molecule has 26 heavy (non-hydrogen) atoms. The molecule has 1 fully saturated rings. The number of aryl methyl sites for hydroxylation is 1. The normalized spacial score (nSPS) is 17.3. The largest absolute Gasteiger partial charge is 0.332 e. The van der Waals surface area contributed by atoms with E-state index < -0.39 is 0 Å². The molecule has 4 rings (SSSR count). The van der Waals surface area contributed by atoms with E-state index >= 15 is 0 Å². The van der Waals surface area contributed by atoms with Crippen molar-refractivity contribution in [3.63, 3.8) is 0 Å². The molecule has 1 aromatic heterocycles. The van der Waals surface area contributed by atoms with E-state index in [1.165, 1.54) is 11.1 Å². The maximum absolute atomic E-state index is 12.7. The van der Waals surface area contributed by atoms with Gasteiger partial charge in [-0.2, -0.15) is 0 Å². The summed E-state index contributed by atoms with van der Waals surface area (Å²) < 4.78 is 0. The van der Waals surface area contributed by atoms with Gasteiger partial charge >= 0.3 is 0 Å². The van der Waals surface area contributed by atoms with Crippen molar-refractivity contribution in [1.29, 1.82) is 0 Å². The molecule has 0 spiro atoms. The van der Waals surface area contributed by atoms with Crippen molar-refractivity contribution < 1.29 is 4.79 Å². The maximum atomic E-state index is 12.7. The van der Waals surface area contributed by atoms with Crippen LogP contribution in [-0.2, 0) is 4.79 Å². The van der Waals surface area contributed by atoms with Crippen molar-refractivity contribution in [3.05, 3.63) is 77.6 Å². The summed E-state index contributed by atoms with van der Waals surface area (Å²) in [4.78, 5) is 23.6. The highest BCUT2D eigenvalue weighted by molar-refractivity contribution is 5.92. The van der Waals surface area contributed by atoms with Crippen LogP contribution in [0.2, 0.25) is 0 Å². The summed E-state index contributed by atoms with van der Waals surface area (Å²) in [5, 5.41) is 0. The Hall–Kier alpha value is -3.01. The van der Waals surface area contributed by atoms with Gasteiger partial charge < -0.3 is 4.90 Å². The Morgan fingerprint density at radius 3 is 2.69 bits per heavy atom. The fraction of sp³-hybridized carbons (Fsp3) is 0.227. The van der Waals surface area contributed by atoms with E-state index in [1.54, 1.807) is 18.3 Å². The highest BCUT2D eigenvalue weighted by atomic mass is 16.2. The lowest BCUT2D eigenvalue weighted by atomic mass is 10.0. The topological polar surface area (TPSA) is 46.1 Å². The lowest BCUT2D eigenvalue weighted by molar-refractivity contribution is -0.126. The molecule has 3 aromatic rings. The number of hydrogen-bond acceptors (Lipinski definition) is 3. The van der Waals surface area contributed by atoms with Gasteiger partial charge in [-0.1, -0.05) is 42.0 Å². The van der Waals surface area contributed by atoms with Gasteiger partial charge in [-0.3, -0.25) is 9.78 Å². The van der Waals surface area contributed by atoms with E-state index in [2.05, 4.69) is 41.2 Å². The Morgan fingerprint density at radius 2 is 1.88 bits per heavy atom. The van der Waals surface area contributed by atoms with Gasteiger partial charge in [0, 0.05) is 12.6 Å². The standard InChI is InChI=1S/C22H21N3O/c1-16-8-10-17(11-9-16)21-7-4-14-25(21)22(26)13-12-18-15-23-19-5-2-3-6-20(19)24-18/h2-3,5-6,8-13,15,21H,4,7,14H2,1H3/b13-12+. The minimum absolute atomic E-state index is 0.0306. The van der Waals surface area contributed by atoms with Crippen LogP contribution in [0.1, 0.15) is 35.7 Å². The Labute approximate surface area is 153 Å². The van der Waals surface area contributed by atoms with Gasteiger partial charge in [0.25, 0.3) is 0 Å². The second kappa shape index (κ2) is 7.08. The summed E-state index contributed by atoms with van der Waals surface area (Å²) in [5.41, 5.74) is 4.83. The van der Waals surface area contributed by atoms with Crippen LogP contribution < -0.4 is 0 Å². The van der Waals surface area contributed by atoms with Gasteiger partial charge in [-0.05, 0) is 43.5 Å². The molecule has 1 unspecified atom stereocenters. The fourth-order valence-corrected chi connectivity index (χ4v) is 3.47. The third-order valence-corrected chi connectivity index (χ3v) is 4.86. The molecule has 1 saturated heterocycles. The van der Waals surface area contributed by atoms with Crippen molar-refractivity contribution in [2.75, 3.05) is 6.54 Å². The van der Waals surface area contributed by atoms with Crippen LogP contribution in [-0.4, -0.2) is 27.3 Å². The Morgan fingerprint density at radius 1 is 1.12 bits per heavy atom. The summed E-state index contributed by atoms with van der Waals surface area (Å²) in [6, 6.07) is 16.4. The third kappa shape index (κ3) is 3.36. The molecule has 0 bridgehead atoms. The Bertz CT molecular complexity index is 963. The first-order valence-electron chi connectivity index (χ1n) is 8.98. The zero-order chi connectivity index (χ0) is 17.9. The number of carbonyl (C=O) groups excluding carboxylic acids is 1. The SMILES string of the molecule is Cc1ccc(C2CCCN2C(=O)/C=C/c2cnc3ccccc3n2)cc1. The van der Waals surface area contributed by atoms with Crippen LogP contribution in [0.15, 0.2) is 60.8 Å². The van der Waals surface area contributed by atoms with Crippen LogP contribution in [0.25, 0.3) is 17.1 Å². The molecule has 0 N–H and O–H groups in total. The molecule has 4 nitrogen and oxygen atoms in total. The third-order valence-electron chi connectivity index (χ3n) is 4.86. The van der Waals surface area contributed by atoms with E-state index in [0.717, 1.165) is 30.4 Å². The zero-order valence-electron chi connectivity index (χ0n) is 14.8. The summed E-state index contributed by atoms with van der Waals surface area (Å²) in [5.74, 6) is 0.0306. The first-order chi connectivity index (χ1) is 12.7. The molecule has 130 valence electrons. The average Bonchev–Trinajstić information content (AvgIpc) is 3.16. The lowest BCUT2D eigenvalue weighted by Crippen LogP contribution is -2.28. The minimum atomic E-state index is 0.0306. The van der Waals surface area contributed by atoms with E-state index in [0.29, 0.717) is 5.69 Å². The summed E-state index contributed by atoms with van der Waals surface area (Å²) in [6.45, 7) is 2.87. The second-order valence-corrected chi connectivity index (χ2v) is 6.72. The van der Waals surface area contributed by atoms with Crippen molar-refractivity contribution in [2.24, 2.45) is 0 Å². The number of hydrogen-bond donors (Lipinski definition) is 0. The Balaban J connectivity index is 1.52. The molecular weight excluding hydrogens is 322 g/mol. The van der Waals surface area contributed by atoms with Gasteiger partial charge in [0.15, 0.2) is 0 Å². The number of nitrogens with zero attached hydrogens (tertiary/aromatic N) is 3. The minimum Gasteiger partial charge on any atom is -0.332 e. The molecule has 2 heterocycles. The number of benzene rings is 2. The molecule has 2 aromatic carbocycles. The monoisotopic (exact) mass is 343 g/mol. The van der Waals surface area contributed by atoms with Gasteiger partial charge in [0.2, 0.25) is 5.91 Å². The smallest absolute Gasteiger partial charge is 0.247 e. The first-order valence-corrected chi connectivity index (χ1v) is 8.98. The summed E-state index contributed by atoms with van der Waals surface area (Å²) >= 11 is 0. The predicted molar refractivity (Wildman–Crippen MR) is 103 cm³/mol. The van der Waals surface area contributed by atoms with Gasteiger partial charge in [0.1, 0.15) is 0 Å². The highest BCUT2D eigenvalue weighted by Gasteiger charge is 2.28. The predicted octanol–water partition coefficient (Wildman–Crippen LogP) is 4.32. The fourth-order valence-electron chi connectivity index (χ4n) is 3.47. The van der Waals surface area contributed by atoms with Crippen molar-refractivity contribution in [2.45, 2.75) is 25.8 Å². The quantitative estimate of drug-likeness (QED) is 0.666. The number of fused-ring (bicyclic) bond motifs is 1. The summed E-state index contributed by atoms with van der Waals surface area (Å²) in [7, 11) is 0. The molecule has 1 aliphatic heterocycles.